The molecule has 6 nitrogen and oxygen atoms in total. The number of carbonyl (C=O) groups excluding carboxylic acids is 1. The van der Waals surface area contributed by atoms with E-state index < -0.39 is 0 Å². The van der Waals surface area contributed by atoms with Crippen LogP contribution in [0.25, 0.3) is 11.2 Å². The van der Waals surface area contributed by atoms with Crippen LogP contribution in [-0.2, 0) is 4.79 Å². The molecular weight excluding hydrogens is 386 g/mol. The van der Waals surface area contributed by atoms with Gasteiger partial charge in [-0.05, 0) is 74.8 Å². The molecule has 2 fully saturated rings. The zero-order chi connectivity index (χ0) is 21.6. The van der Waals surface area contributed by atoms with Crippen molar-refractivity contribution in [3.63, 3.8) is 0 Å². The Labute approximate surface area is 183 Å². The molecule has 31 heavy (non-hydrogen) atoms. The summed E-state index contributed by atoms with van der Waals surface area (Å²) in [7, 11) is 0. The first-order valence-corrected chi connectivity index (χ1v) is 11.1. The van der Waals surface area contributed by atoms with Crippen molar-refractivity contribution >= 4 is 22.9 Å². The van der Waals surface area contributed by atoms with E-state index in [0.717, 1.165) is 43.7 Å². The molecular formula is C25H29N5O. The average molecular weight is 416 g/mol. The number of nitrogens with zero attached hydrogens (tertiary/aromatic N) is 4. The summed E-state index contributed by atoms with van der Waals surface area (Å²) in [6.07, 6.45) is 6.12. The third-order valence-corrected chi connectivity index (χ3v) is 7.02. The van der Waals surface area contributed by atoms with Crippen LogP contribution in [0.2, 0.25) is 0 Å². The summed E-state index contributed by atoms with van der Waals surface area (Å²) in [4.78, 5) is 28.5. The summed E-state index contributed by atoms with van der Waals surface area (Å²) in [5, 5.41) is 3.38. The number of fused-ring (bicyclic) bond motifs is 1. The minimum absolute atomic E-state index is 0.109. The van der Waals surface area contributed by atoms with E-state index in [0.29, 0.717) is 11.6 Å². The van der Waals surface area contributed by atoms with Gasteiger partial charge < -0.3 is 10.2 Å². The number of hydrogen-bond donors (Lipinski definition) is 1. The van der Waals surface area contributed by atoms with E-state index in [4.69, 9.17) is 0 Å². The molecule has 1 saturated heterocycles. The molecule has 1 N–H and O–H groups in total. The van der Waals surface area contributed by atoms with E-state index in [2.05, 4.69) is 64.1 Å². The molecule has 1 saturated carbocycles. The molecule has 1 amide bonds. The third-order valence-electron chi connectivity index (χ3n) is 7.02. The average Bonchev–Trinajstić information content (AvgIpc) is 3.57. The highest BCUT2D eigenvalue weighted by molar-refractivity contribution is 5.83. The van der Waals surface area contributed by atoms with Crippen molar-refractivity contribution in [2.45, 2.75) is 51.5 Å². The maximum Gasteiger partial charge on any atom is 0.224 e. The van der Waals surface area contributed by atoms with Gasteiger partial charge in [-0.2, -0.15) is 0 Å². The molecule has 0 radical (unpaired) electrons. The summed E-state index contributed by atoms with van der Waals surface area (Å²) in [6, 6.07) is 10.6. The van der Waals surface area contributed by atoms with Crippen LogP contribution < -0.4 is 10.2 Å². The van der Waals surface area contributed by atoms with Crippen LogP contribution in [0.5, 0.6) is 0 Å². The number of carbonyl (C=O) groups is 1. The monoisotopic (exact) mass is 415 g/mol. The van der Waals surface area contributed by atoms with E-state index in [1.807, 2.05) is 12.1 Å². The molecule has 2 atom stereocenters. The van der Waals surface area contributed by atoms with Gasteiger partial charge in [0.05, 0.1) is 0 Å². The Hall–Kier alpha value is -3.02. The van der Waals surface area contributed by atoms with E-state index in [1.165, 1.54) is 16.7 Å². The molecule has 3 aromatic rings. The van der Waals surface area contributed by atoms with Crippen molar-refractivity contribution in [3.05, 3.63) is 59.4 Å². The Morgan fingerprint density at radius 2 is 1.84 bits per heavy atom. The van der Waals surface area contributed by atoms with E-state index in [1.54, 1.807) is 12.4 Å². The van der Waals surface area contributed by atoms with Gasteiger partial charge in [-0.3, -0.25) is 9.78 Å². The molecule has 160 valence electrons. The Kier molecular flexibility index (Phi) is 4.88. The second kappa shape index (κ2) is 7.59. The quantitative estimate of drug-likeness (QED) is 0.699. The van der Waals surface area contributed by atoms with Gasteiger partial charge in [-0.25, -0.2) is 9.97 Å². The fraction of sp³-hybridized carbons (Fsp3) is 0.440. The maximum atomic E-state index is 13.0. The lowest BCUT2D eigenvalue weighted by Crippen LogP contribution is -2.54. The highest BCUT2D eigenvalue weighted by atomic mass is 16.2. The van der Waals surface area contributed by atoms with Gasteiger partial charge in [0, 0.05) is 36.9 Å². The Balaban J connectivity index is 1.19. The predicted octanol–water partition coefficient (Wildman–Crippen LogP) is 3.92. The Morgan fingerprint density at radius 3 is 2.61 bits per heavy atom. The number of benzene rings is 1. The van der Waals surface area contributed by atoms with Gasteiger partial charge in [-0.15, -0.1) is 0 Å². The number of rotatable bonds is 4. The first-order chi connectivity index (χ1) is 14.9. The smallest absolute Gasteiger partial charge is 0.224 e. The van der Waals surface area contributed by atoms with Crippen LogP contribution in [0.1, 0.15) is 48.8 Å². The summed E-state index contributed by atoms with van der Waals surface area (Å²) in [6.45, 7) is 8.17. The van der Waals surface area contributed by atoms with Gasteiger partial charge in [0.2, 0.25) is 5.91 Å². The normalized spacial score (nSPS) is 22.4. The maximum absolute atomic E-state index is 13.0. The second-order valence-corrected chi connectivity index (χ2v) is 9.40. The van der Waals surface area contributed by atoms with E-state index >= 15 is 0 Å². The molecule has 1 aliphatic heterocycles. The minimum atomic E-state index is -0.166. The fourth-order valence-electron chi connectivity index (χ4n) is 4.61. The zero-order valence-electron chi connectivity index (χ0n) is 18.4. The summed E-state index contributed by atoms with van der Waals surface area (Å²) < 4.78 is 0. The molecule has 2 aromatic heterocycles. The number of nitrogens with one attached hydrogen (secondary N) is 1. The van der Waals surface area contributed by atoms with Crippen molar-refractivity contribution in [2.24, 2.45) is 5.92 Å². The van der Waals surface area contributed by atoms with E-state index in [-0.39, 0.29) is 17.4 Å². The predicted molar refractivity (Wildman–Crippen MR) is 122 cm³/mol. The minimum Gasteiger partial charge on any atom is -0.356 e. The zero-order valence-corrected chi connectivity index (χ0v) is 18.4. The lowest BCUT2D eigenvalue weighted by molar-refractivity contribution is -0.124. The van der Waals surface area contributed by atoms with Crippen molar-refractivity contribution in [1.82, 2.24) is 20.3 Å². The van der Waals surface area contributed by atoms with Crippen molar-refractivity contribution in [1.29, 1.82) is 0 Å². The largest absolute Gasteiger partial charge is 0.356 e. The van der Waals surface area contributed by atoms with Crippen LogP contribution >= 0.6 is 0 Å². The van der Waals surface area contributed by atoms with Crippen molar-refractivity contribution < 1.29 is 4.79 Å². The molecule has 5 rings (SSSR count). The lowest BCUT2D eigenvalue weighted by Gasteiger charge is -2.40. The molecule has 1 aromatic carbocycles. The first-order valence-electron chi connectivity index (χ1n) is 11.1. The molecule has 0 spiro atoms. The standard InChI is InChI=1S/C25H29N5O/c1-16-4-5-18(14-17(16)2)19-15-20(19)24(31)29-25(3)8-12-30(13-9-25)22-7-6-21-23(28-22)27-11-10-26-21/h4-7,10-11,14,19-20H,8-9,12-13,15H2,1-3H3,(H,29,31)/t19-,20+/m0/s1. The molecule has 2 aliphatic rings. The van der Waals surface area contributed by atoms with Crippen molar-refractivity contribution in [2.75, 3.05) is 18.0 Å². The van der Waals surface area contributed by atoms with Gasteiger partial charge in [0.15, 0.2) is 5.65 Å². The van der Waals surface area contributed by atoms with Crippen LogP contribution in [0, 0.1) is 19.8 Å². The van der Waals surface area contributed by atoms with Crippen LogP contribution in [0.4, 0.5) is 5.82 Å². The van der Waals surface area contributed by atoms with Gasteiger partial charge in [0.1, 0.15) is 11.3 Å². The number of aryl methyl sites for hydroxylation is 2. The molecule has 1 aliphatic carbocycles. The highest BCUT2D eigenvalue weighted by Gasteiger charge is 2.46. The lowest BCUT2D eigenvalue weighted by atomic mass is 9.89. The summed E-state index contributed by atoms with van der Waals surface area (Å²) in [5.74, 6) is 1.61. The molecule has 0 unspecified atom stereocenters. The van der Waals surface area contributed by atoms with Gasteiger partial charge in [0.25, 0.3) is 0 Å². The van der Waals surface area contributed by atoms with Gasteiger partial charge in [-0.1, -0.05) is 18.2 Å². The van der Waals surface area contributed by atoms with E-state index in [9.17, 15) is 4.79 Å². The topological polar surface area (TPSA) is 71.0 Å². The summed E-state index contributed by atoms with van der Waals surface area (Å²) >= 11 is 0. The number of piperidine rings is 1. The summed E-state index contributed by atoms with van der Waals surface area (Å²) in [5.41, 5.74) is 5.22. The number of anilines is 1. The number of hydrogen-bond acceptors (Lipinski definition) is 5. The van der Waals surface area contributed by atoms with Crippen molar-refractivity contribution in [3.8, 4) is 0 Å². The fourth-order valence-corrected chi connectivity index (χ4v) is 4.61. The molecule has 3 heterocycles. The highest BCUT2D eigenvalue weighted by Crippen LogP contribution is 2.48. The van der Waals surface area contributed by atoms with Crippen LogP contribution in [-0.4, -0.2) is 39.5 Å². The van der Waals surface area contributed by atoms with Crippen LogP contribution in [0.3, 0.4) is 0 Å². The third kappa shape index (κ3) is 3.99. The Bertz CT molecular complexity index is 1140. The number of pyridine rings is 1. The number of amides is 1. The van der Waals surface area contributed by atoms with Crippen LogP contribution in [0.15, 0.2) is 42.7 Å². The SMILES string of the molecule is Cc1ccc([C@@H]2C[C@H]2C(=O)NC2(C)CCN(c3ccc4nccnc4n3)CC2)cc1C. The van der Waals surface area contributed by atoms with Gasteiger partial charge >= 0.3 is 0 Å². The Morgan fingerprint density at radius 1 is 1.06 bits per heavy atom. The second-order valence-electron chi connectivity index (χ2n) is 9.40. The molecule has 6 heteroatoms. The number of aromatic nitrogens is 3. The first kappa shape index (κ1) is 19.9. The molecule has 0 bridgehead atoms.